The lowest BCUT2D eigenvalue weighted by Crippen LogP contribution is -2.36. The lowest BCUT2D eigenvalue weighted by Gasteiger charge is -2.26. The molecule has 1 aliphatic rings. The summed E-state index contributed by atoms with van der Waals surface area (Å²) in [6.07, 6.45) is 2.68. The molecule has 1 aliphatic heterocycles. The first-order valence-electron chi connectivity index (χ1n) is 9.51. The number of nitrogens with zero attached hydrogens (tertiary/aromatic N) is 2. The second-order valence-electron chi connectivity index (χ2n) is 7.08. The molecule has 156 valence electrons. The number of methoxy groups -OCH3 is 1. The summed E-state index contributed by atoms with van der Waals surface area (Å²) < 4.78 is 32.8. The van der Waals surface area contributed by atoms with Crippen LogP contribution < -0.4 is 4.74 Å². The highest BCUT2D eigenvalue weighted by Crippen LogP contribution is 2.28. The Morgan fingerprint density at radius 1 is 1.14 bits per heavy atom. The van der Waals surface area contributed by atoms with E-state index in [9.17, 15) is 13.2 Å². The van der Waals surface area contributed by atoms with Crippen LogP contribution in [0.15, 0.2) is 47.4 Å². The molecule has 1 heterocycles. The van der Waals surface area contributed by atoms with Gasteiger partial charge in [0.25, 0.3) is 5.91 Å². The number of hydrogen-bond donors (Lipinski definition) is 0. The van der Waals surface area contributed by atoms with Crippen LogP contribution in [0.25, 0.3) is 0 Å². The van der Waals surface area contributed by atoms with E-state index < -0.39 is 10.0 Å². The van der Waals surface area contributed by atoms with E-state index in [0.717, 1.165) is 24.8 Å². The number of para-hydroxylation sites is 1. The van der Waals surface area contributed by atoms with Crippen LogP contribution in [0.1, 0.15) is 35.2 Å². The third kappa shape index (κ3) is 4.74. The molecule has 0 saturated carbocycles. The maximum absolute atomic E-state index is 13.0. The van der Waals surface area contributed by atoms with Gasteiger partial charge < -0.3 is 9.64 Å². The van der Waals surface area contributed by atoms with Crippen molar-refractivity contribution in [2.24, 2.45) is 0 Å². The Morgan fingerprint density at radius 2 is 1.83 bits per heavy atom. The first kappa shape index (κ1) is 21.6. The molecule has 0 aliphatic carbocycles. The molecule has 0 aromatic heterocycles. The topological polar surface area (TPSA) is 66.9 Å². The summed E-state index contributed by atoms with van der Waals surface area (Å²) in [6, 6.07) is 11.9. The van der Waals surface area contributed by atoms with Gasteiger partial charge in [-0.1, -0.05) is 36.2 Å². The lowest BCUT2D eigenvalue weighted by molar-refractivity contribution is 0.0784. The minimum Gasteiger partial charge on any atom is -0.496 e. The summed E-state index contributed by atoms with van der Waals surface area (Å²) in [5.41, 5.74) is 1.14. The summed E-state index contributed by atoms with van der Waals surface area (Å²) in [5, 5.41) is 0.125. The van der Waals surface area contributed by atoms with Crippen LogP contribution in [0, 0.1) is 0 Å². The number of carbonyl (C=O) groups is 1. The average Bonchev–Trinajstić information content (AvgIpc) is 2.74. The summed E-state index contributed by atoms with van der Waals surface area (Å²) in [4.78, 5) is 14.5. The number of ether oxygens (including phenoxy) is 1. The second-order valence-corrected chi connectivity index (χ2v) is 9.40. The fraction of sp³-hybridized carbons (Fsp3) is 0.381. The number of benzene rings is 2. The molecule has 1 saturated heterocycles. The first-order chi connectivity index (χ1) is 13.8. The molecule has 8 heteroatoms. The van der Waals surface area contributed by atoms with Crippen molar-refractivity contribution in [3.63, 3.8) is 0 Å². The first-order valence-corrected chi connectivity index (χ1v) is 11.3. The van der Waals surface area contributed by atoms with E-state index in [2.05, 4.69) is 0 Å². The number of piperidine rings is 1. The Morgan fingerprint density at radius 3 is 2.52 bits per heavy atom. The van der Waals surface area contributed by atoms with Crippen LogP contribution in [0.4, 0.5) is 0 Å². The van der Waals surface area contributed by atoms with Gasteiger partial charge in [-0.25, -0.2) is 8.42 Å². The third-order valence-corrected chi connectivity index (χ3v) is 7.44. The fourth-order valence-corrected chi connectivity index (χ4v) is 5.48. The molecular formula is C21H25ClN2O4S. The summed E-state index contributed by atoms with van der Waals surface area (Å²) >= 11 is 6.21. The fourth-order valence-electron chi connectivity index (χ4n) is 3.46. The van der Waals surface area contributed by atoms with Crippen molar-refractivity contribution >= 4 is 27.5 Å². The Bertz CT molecular complexity index is 988. The van der Waals surface area contributed by atoms with Crippen molar-refractivity contribution in [1.29, 1.82) is 0 Å². The van der Waals surface area contributed by atoms with Crippen LogP contribution >= 0.6 is 11.6 Å². The van der Waals surface area contributed by atoms with Gasteiger partial charge in [0.15, 0.2) is 0 Å². The van der Waals surface area contributed by atoms with Gasteiger partial charge in [0.2, 0.25) is 10.0 Å². The van der Waals surface area contributed by atoms with Crippen molar-refractivity contribution in [2.45, 2.75) is 30.7 Å². The average molecular weight is 437 g/mol. The van der Waals surface area contributed by atoms with Gasteiger partial charge >= 0.3 is 0 Å². The van der Waals surface area contributed by atoms with E-state index >= 15 is 0 Å². The van der Waals surface area contributed by atoms with E-state index in [1.165, 1.54) is 21.3 Å². The molecule has 1 fully saturated rings. The van der Waals surface area contributed by atoms with E-state index in [0.29, 0.717) is 25.4 Å². The van der Waals surface area contributed by atoms with Gasteiger partial charge in [-0.3, -0.25) is 4.79 Å². The predicted molar refractivity (Wildman–Crippen MR) is 113 cm³/mol. The number of halogens is 1. The monoisotopic (exact) mass is 436 g/mol. The zero-order valence-corrected chi connectivity index (χ0v) is 18.2. The number of sulfonamides is 1. The van der Waals surface area contributed by atoms with Crippen LogP contribution in [-0.4, -0.2) is 50.8 Å². The minimum absolute atomic E-state index is 0.0161. The zero-order valence-electron chi connectivity index (χ0n) is 16.6. The van der Waals surface area contributed by atoms with Crippen molar-refractivity contribution in [3.8, 4) is 5.75 Å². The molecule has 2 aromatic carbocycles. The Hall–Kier alpha value is -2.09. The SMILES string of the molecule is COc1ccccc1CN(C)C(=O)c1ccc(Cl)c(S(=O)(=O)N2CCCCC2)c1. The molecular weight excluding hydrogens is 412 g/mol. The van der Waals surface area contributed by atoms with Gasteiger partial charge in [0.1, 0.15) is 10.6 Å². The maximum atomic E-state index is 13.0. The number of amides is 1. The largest absolute Gasteiger partial charge is 0.496 e. The van der Waals surface area contributed by atoms with Gasteiger partial charge in [0.05, 0.1) is 12.1 Å². The van der Waals surface area contributed by atoms with Crippen LogP contribution in [0.2, 0.25) is 5.02 Å². The molecule has 1 amide bonds. The highest BCUT2D eigenvalue weighted by molar-refractivity contribution is 7.89. The lowest BCUT2D eigenvalue weighted by atomic mass is 10.1. The molecule has 0 bridgehead atoms. The minimum atomic E-state index is -3.73. The molecule has 0 radical (unpaired) electrons. The number of hydrogen-bond acceptors (Lipinski definition) is 4. The molecule has 0 unspecified atom stereocenters. The van der Waals surface area contributed by atoms with E-state index in [-0.39, 0.29) is 21.4 Å². The van der Waals surface area contributed by atoms with E-state index in [1.54, 1.807) is 20.2 Å². The molecule has 0 N–H and O–H groups in total. The Labute approximate surface area is 177 Å². The summed E-state index contributed by atoms with van der Waals surface area (Å²) in [6.45, 7) is 1.29. The maximum Gasteiger partial charge on any atom is 0.253 e. The normalized spacial score (nSPS) is 15.1. The smallest absolute Gasteiger partial charge is 0.253 e. The summed E-state index contributed by atoms with van der Waals surface area (Å²) in [5.74, 6) is 0.402. The molecule has 0 spiro atoms. The van der Waals surface area contributed by atoms with Gasteiger partial charge in [-0.05, 0) is 37.1 Å². The van der Waals surface area contributed by atoms with Crippen molar-refractivity contribution in [1.82, 2.24) is 9.21 Å². The summed E-state index contributed by atoms with van der Waals surface area (Å²) in [7, 11) is -0.484. The Balaban J connectivity index is 1.85. The van der Waals surface area contributed by atoms with Crippen LogP contribution in [0.3, 0.4) is 0 Å². The predicted octanol–water partition coefficient (Wildman–Crippen LogP) is 3.80. The van der Waals surface area contributed by atoms with Gasteiger partial charge in [-0.15, -0.1) is 0 Å². The Kier molecular flexibility index (Phi) is 6.82. The molecule has 0 atom stereocenters. The van der Waals surface area contributed by atoms with Crippen molar-refractivity contribution < 1.29 is 17.9 Å². The number of rotatable bonds is 6. The van der Waals surface area contributed by atoms with E-state index in [4.69, 9.17) is 16.3 Å². The molecule has 2 aromatic rings. The standard InChI is InChI=1S/C21H25ClN2O4S/c1-23(15-17-8-4-5-9-19(17)28-2)21(25)16-10-11-18(22)20(14-16)29(26,27)24-12-6-3-7-13-24/h4-5,8-11,14H,3,6-7,12-13,15H2,1-2H3. The molecule has 6 nitrogen and oxygen atoms in total. The van der Waals surface area contributed by atoms with Crippen LogP contribution in [0.5, 0.6) is 5.75 Å². The molecule has 3 rings (SSSR count). The van der Waals surface area contributed by atoms with Gasteiger partial charge in [0, 0.05) is 37.8 Å². The van der Waals surface area contributed by atoms with Crippen molar-refractivity contribution in [3.05, 3.63) is 58.6 Å². The quantitative estimate of drug-likeness (QED) is 0.690. The second kappa shape index (κ2) is 9.15. The van der Waals surface area contributed by atoms with Gasteiger partial charge in [-0.2, -0.15) is 4.31 Å². The van der Waals surface area contributed by atoms with Crippen LogP contribution in [-0.2, 0) is 16.6 Å². The number of carbonyl (C=O) groups excluding carboxylic acids is 1. The molecule has 29 heavy (non-hydrogen) atoms. The third-order valence-electron chi connectivity index (χ3n) is 5.06. The van der Waals surface area contributed by atoms with E-state index in [1.807, 2.05) is 24.3 Å². The highest BCUT2D eigenvalue weighted by atomic mass is 35.5. The highest BCUT2D eigenvalue weighted by Gasteiger charge is 2.29. The van der Waals surface area contributed by atoms with Crippen molar-refractivity contribution in [2.75, 3.05) is 27.2 Å². The zero-order chi connectivity index (χ0) is 21.0.